The van der Waals surface area contributed by atoms with Crippen molar-refractivity contribution in [1.82, 2.24) is 0 Å². The minimum absolute atomic E-state index is 0.124. The van der Waals surface area contributed by atoms with Gasteiger partial charge < -0.3 is 18.9 Å². The predicted octanol–water partition coefficient (Wildman–Crippen LogP) is 3.93. The first-order chi connectivity index (χ1) is 15.1. The Morgan fingerprint density at radius 3 is 1.87 bits per heavy atom. The van der Waals surface area contributed by atoms with Gasteiger partial charge in [-0.05, 0) is 18.1 Å². The Morgan fingerprint density at radius 2 is 1.35 bits per heavy atom. The minimum Gasteiger partial charge on any atom is -0.474 e. The number of hydrogen-bond acceptors (Lipinski definition) is 7. The SMILES string of the molecule is CC(=N)C(=N/C=C/C(=O)OCCOCc1ccccc1)OCCOCc1ccccc1. The van der Waals surface area contributed by atoms with E-state index in [0.717, 1.165) is 11.1 Å². The molecule has 7 nitrogen and oxygen atoms in total. The van der Waals surface area contributed by atoms with E-state index in [-0.39, 0.29) is 24.8 Å². The van der Waals surface area contributed by atoms with Gasteiger partial charge >= 0.3 is 5.97 Å². The maximum atomic E-state index is 11.7. The summed E-state index contributed by atoms with van der Waals surface area (Å²) in [5, 5.41) is 7.72. The third-order valence-electron chi connectivity index (χ3n) is 3.88. The first kappa shape index (κ1) is 24.0. The van der Waals surface area contributed by atoms with Crippen LogP contribution in [0.3, 0.4) is 0 Å². The molecule has 0 aromatic heterocycles. The zero-order chi connectivity index (χ0) is 22.2. The van der Waals surface area contributed by atoms with E-state index in [4.69, 9.17) is 24.4 Å². The van der Waals surface area contributed by atoms with Crippen molar-refractivity contribution < 1.29 is 23.7 Å². The van der Waals surface area contributed by atoms with Crippen molar-refractivity contribution in [3.63, 3.8) is 0 Å². The van der Waals surface area contributed by atoms with Crippen molar-refractivity contribution in [3.8, 4) is 0 Å². The molecule has 2 aromatic rings. The van der Waals surface area contributed by atoms with Gasteiger partial charge in [0.2, 0.25) is 5.90 Å². The van der Waals surface area contributed by atoms with Gasteiger partial charge in [0.05, 0.1) is 32.1 Å². The Bertz CT molecular complexity index is 851. The smallest absolute Gasteiger partial charge is 0.332 e. The number of hydrogen-bond donors (Lipinski definition) is 1. The summed E-state index contributed by atoms with van der Waals surface area (Å²) in [6.07, 6.45) is 2.43. The average Bonchev–Trinajstić information content (AvgIpc) is 2.78. The van der Waals surface area contributed by atoms with Crippen LogP contribution in [0.2, 0.25) is 0 Å². The zero-order valence-corrected chi connectivity index (χ0v) is 17.7. The van der Waals surface area contributed by atoms with E-state index in [2.05, 4.69) is 4.99 Å². The largest absolute Gasteiger partial charge is 0.474 e. The molecule has 0 aliphatic heterocycles. The molecular weight excluding hydrogens is 396 g/mol. The maximum absolute atomic E-state index is 11.7. The molecule has 2 rings (SSSR count). The van der Waals surface area contributed by atoms with Gasteiger partial charge in [-0.1, -0.05) is 60.7 Å². The molecule has 0 radical (unpaired) electrons. The van der Waals surface area contributed by atoms with Gasteiger partial charge in [-0.25, -0.2) is 9.79 Å². The Hall–Kier alpha value is -3.29. The molecule has 7 heteroatoms. The van der Waals surface area contributed by atoms with E-state index in [9.17, 15) is 4.79 Å². The van der Waals surface area contributed by atoms with Crippen LogP contribution in [0.15, 0.2) is 77.9 Å². The molecule has 0 heterocycles. The Balaban J connectivity index is 1.60. The fourth-order valence-electron chi connectivity index (χ4n) is 2.38. The van der Waals surface area contributed by atoms with Gasteiger partial charge in [-0.2, -0.15) is 0 Å². The van der Waals surface area contributed by atoms with Crippen LogP contribution in [0.25, 0.3) is 0 Å². The second kappa shape index (κ2) is 14.7. The lowest BCUT2D eigenvalue weighted by molar-refractivity contribution is -0.139. The number of esters is 1. The molecule has 0 aliphatic rings. The maximum Gasteiger partial charge on any atom is 0.332 e. The van der Waals surface area contributed by atoms with Gasteiger partial charge in [0.25, 0.3) is 0 Å². The fraction of sp³-hybridized carbons (Fsp3) is 0.292. The molecule has 0 saturated carbocycles. The summed E-state index contributed by atoms with van der Waals surface area (Å²) in [5.41, 5.74) is 2.28. The van der Waals surface area contributed by atoms with Crippen molar-refractivity contribution in [3.05, 3.63) is 84.1 Å². The first-order valence-corrected chi connectivity index (χ1v) is 9.98. The number of rotatable bonds is 13. The summed E-state index contributed by atoms with van der Waals surface area (Å²) in [6.45, 7) is 3.56. The summed E-state index contributed by atoms with van der Waals surface area (Å²) >= 11 is 0. The molecule has 0 spiro atoms. The molecule has 0 saturated heterocycles. The first-order valence-electron chi connectivity index (χ1n) is 9.98. The highest BCUT2D eigenvalue weighted by molar-refractivity contribution is 6.36. The van der Waals surface area contributed by atoms with Crippen molar-refractivity contribution >= 4 is 17.6 Å². The standard InChI is InChI=1S/C24H28N2O5/c1-20(25)24(31-17-15-29-19-22-10-6-3-7-11-22)26-13-12-23(27)30-16-14-28-18-21-8-4-2-5-9-21/h2-13,25H,14-19H2,1H3/b13-12+,25-20?,26-24?. The summed E-state index contributed by atoms with van der Waals surface area (Å²) in [6, 6.07) is 19.6. The third kappa shape index (κ3) is 10.9. The van der Waals surface area contributed by atoms with Gasteiger partial charge in [0.1, 0.15) is 13.2 Å². The summed E-state index contributed by atoms with van der Waals surface area (Å²) in [7, 11) is 0. The number of ether oxygens (including phenoxy) is 4. The van der Waals surface area contributed by atoms with Crippen LogP contribution in [0.1, 0.15) is 18.1 Å². The monoisotopic (exact) mass is 424 g/mol. The van der Waals surface area contributed by atoms with Crippen LogP contribution in [-0.4, -0.2) is 44.0 Å². The highest BCUT2D eigenvalue weighted by Crippen LogP contribution is 2.01. The van der Waals surface area contributed by atoms with E-state index >= 15 is 0 Å². The lowest BCUT2D eigenvalue weighted by atomic mass is 10.2. The molecule has 1 N–H and O–H groups in total. The van der Waals surface area contributed by atoms with Crippen molar-refractivity contribution in [2.75, 3.05) is 26.4 Å². The Kier molecular flexibility index (Phi) is 11.3. The van der Waals surface area contributed by atoms with Gasteiger partial charge in [-0.15, -0.1) is 0 Å². The van der Waals surface area contributed by atoms with Crippen LogP contribution in [0, 0.1) is 5.41 Å². The number of nitrogens with zero attached hydrogens (tertiary/aromatic N) is 1. The number of carbonyl (C=O) groups is 1. The second-order valence-electron chi connectivity index (χ2n) is 6.47. The number of nitrogens with one attached hydrogen (secondary N) is 1. The lowest BCUT2D eigenvalue weighted by Gasteiger charge is -2.08. The van der Waals surface area contributed by atoms with Crippen LogP contribution in [0.4, 0.5) is 0 Å². The van der Waals surface area contributed by atoms with Crippen molar-refractivity contribution in [1.29, 1.82) is 5.41 Å². The number of aliphatic imine (C=N–C) groups is 1. The second-order valence-corrected chi connectivity index (χ2v) is 6.47. The molecule has 31 heavy (non-hydrogen) atoms. The number of carbonyl (C=O) groups excluding carboxylic acids is 1. The highest BCUT2D eigenvalue weighted by Gasteiger charge is 2.03. The van der Waals surface area contributed by atoms with Crippen molar-refractivity contribution in [2.24, 2.45) is 4.99 Å². The lowest BCUT2D eigenvalue weighted by Crippen LogP contribution is -2.17. The van der Waals surface area contributed by atoms with E-state index in [0.29, 0.717) is 26.4 Å². The molecule has 0 bridgehead atoms. The minimum atomic E-state index is -0.541. The molecule has 164 valence electrons. The normalized spacial score (nSPS) is 11.5. The fourth-order valence-corrected chi connectivity index (χ4v) is 2.38. The molecular formula is C24H28N2O5. The topological polar surface area (TPSA) is 90.2 Å². The molecule has 0 unspecified atom stereocenters. The molecule has 0 atom stereocenters. The van der Waals surface area contributed by atoms with Crippen LogP contribution >= 0.6 is 0 Å². The average molecular weight is 424 g/mol. The Labute approximate surface area is 182 Å². The summed E-state index contributed by atoms with van der Waals surface area (Å²) in [5.74, 6) is -0.418. The van der Waals surface area contributed by atoms with Crippen molar-refractivity contribution in [2.45, 2.75) is 20.1 Å². The van der Waals surface area contributed by atoms with E-state index in [1.165, 1.54) is 12.3 Å². The van der Waals surface area contributed by atoms with Crippen LogP contribution in [-0.2, 0) is 37.0 Å². The highest BCUT2D eigenvalue weighted by atomic mass is 16.6. The predicted molar refractivity (Wildman–Crippen MR) is 119 cm³/mol. The van der Waals surface area contributed by atoms with Gasteiger partial charge in [-0.3, -0.25) is 5.41 Å². The third-order valence-corrected chi connectivity index (χ3v) is 3.88. The zero-order valence-electron chi connectivity index (χ0n) is 17.7. The quantitative estimate of drug-likeness (QED) is 0.173. The molecule has 0 fully saturated rings. The van der Waals surface area contributed by atoms with E-state index < -0.39 is 5.97 Å². The Morgan fingerprint density at radius 1 is 0.839 bits per heavy atom. The summed E-state index contributed by atoms with van der Waals surface area (Å²) < 4.78 is 21.5. The van der Waals surface area contributed by atoms with E-state index in [1.807, 2.05) is 60.7 Å². The van der Waals surface area contributed by atoms with Gasteiger partial charge in [0, 0.05) is 12.3 Å². The number of benzene rings is 2. The van der Waals surface area contributed by atoms with Crippen LogP contribution in [0.5, 0.6) is 0 Å². The molecule has 0 aliphatic carbocycles. The van der Waals surface area contributed by atoms with Gasteiger partial charge in [0.15, 0.2) is 0 Å². The summed E-state index contributed by atoms with van der Waals surface area (Å²) in [4.78, 5) is 15.7. The molecule has 0 amide bonds. The molecule has 2 aromatic carbocycles. The van der Waals surface area contributed by atoms with E-state index in [1.54, 1.807) is 6.92 Å². The van der Waals surface area contributed by atoms with Crippen LogP contribution < -0.4 is 0 Å².